The Morgan fingerprint density at radius 1 is 1.26 bits per heavy atom. The molecule has 0 fully saturated rings. The SMILES string of the molecule is Cc1nn(C)c(CNc2c(Cl)cc(Br)cc2Cl)c1Br. The Balaban J connectivity index is 2.24. The van der Waals surface area contributed by atoms with Crippen molar-refractivity contribution in [1.82, 2.24) is 9.78 Å². The number of aryl methyl sites for hydroxylation is 2. The van der Waals surface area contributed by atoms with Gasteiger partial charge in [0.2, 0.25) is 0 Å². The van der Waals surface area contributed by atoms with Crippen LogP contribution in [0.4, 0.5) is 5.69 Å². The zero-order chi connectivity index (χ0) is 14.2. The smallest absolute Gasteiger partial charge is 0.0739 e. The van der Waals surface area contributed by atoms with Gasteiger partial charge < -0.3 is 5.32 Å². The van der Waals surface area contributed by atoms with E-state index < -0.39 is 0 Å². The van der Waals surface area contributed by atoms with Gasteiger partial charge in [0.25, 0.3) is 0 Å². The van der Waals surface area contributed by atoms with E-state index in [-0.39, 0.29) is 0 Å². The fourth-order valence-corrected chi connectivity index (χ4v) is 3.57. The van der Waals surface area contributed by atoms with E-state index in [1.54, 1.807) is 12.1 Å². The molecule has 0 aliphatic rings. The number of benzene rings is 1. The van der Waals surface area contributed by atoms with Gasteiger partial charge in [-0.1, -0.05) is 39.1 Å². The first kappa shape index (κ1) is 15.2. The first-order chi connectivity index (χ1) is 8.90. The van der Waals surface area contributed by atoms with Crippen LogP contribution in [0.3, 0.4) is 0 Å². The fraction of sp³-hybridized carbons (Fsp3) is 0.250. The van der Waals surface area contributed by atoms with E-state index in [0.29, 0.717) is 16.6 Å². The van der Waals surface area contributed by atoms with Crippen molar-refractivity contribution in [1.29, 1.82) is 0 Å². The largest absolute Gasteiger partial charge is 0.377 e. The van der Waals surface area contributed by atoms with Gasteiger partial charge in [-0.05, 0) is 35.0 Å². The van der Waals surface area contributed by atoms with E-state index >= 15 is 0 Å². The Hall–Kier alpha value is -0.230. The highest BCUT2D eigenvalue weighted by Crippen LogP contribution is 2.34. The first-order valence-corrected chi connectivity index (χ1v) is 7.80. The second-order valence-electron chi connectivity index (χ2n) is 4.07. The van der Waals surface area contributed by atoms with Crippen molar-refractivity contribution < 1.29 is 0 Å². The number of rotatable bonds is 3. The molecule has 19 heavy (non-hydrogen) atoms. The van der Waals surface area contributed by atoms with Crippen LogP contribution in [0.25, 0.3) is 0 Å². The Bertz CT molecular complexity index is 603. The molecule has 2 rings (SSSR count). The molecule has 1 heterocycles. The van der Waals surface area contributed by atoms with E-state index in [4.69, 9.17) is 23.2 Å². The minimum absolute atomic E-state index is 0.578. The number of hydrogen-bond donors (Lipinski definition) is 1. The molecule has 0 saturated heterocycles. The van der Waals surface area contributed by atoms with Gasteiger partial charge in [0, 0.05) is 11.5 Å². The zero-order valence-corrected chi connectivity index (χ0v) is 15.0. The van der Waals surface area contributed by atoms with Crippen LogP contribution in [-0.4, -0.2) is 9.78 Å². The molecule has 0 saturated carbocycles. The minimum Gasteiger partial charge on any atom is -0.377 e. The second kappa shape index (κ2) is 6.04. The summed E-state index contributed by atoms with van der Waals surface area (Å²) in [6, 6.07) is 3.61. The lowest BCUT2D eigenvalue weighted by Crippen LogP contribution is -2.06. The molecule has 0 aliphatic carbocycles. The van der Waals surface area contributed by atoms with Gasteiger partial charge in [-0.3, -0.25) is 4.68 Å². The van der Waals surface area contributed by atoms with E-state index in [9.17, 15) is 0 Å². The third kappa shape index (κ3) is 3.27. The average molecular weight is 428 g/mol. The van der Waals surface area contributed by atoms with Crippen molar-refractivity contribution in [3.63, 3.8) is 0 Å². The number of halogens is 4. The first-order valence-electron chi connectivity index (χ1n) is 5.46. The maximum Gasteiger partial charge on any atom is 0.0739 e. The van der Waals surface area contributed by atoms with E-state index in [1.807, 2.05) is 18.7 Å². The van der Waals surface area contributed by atoms with Gasteiger partial charge >= 0.3 is 0 Å². The average Bonchev–Trinajstić information content (AvgIpc) is 2.53. The molecule has 0 aliphatic heterocycles. The molecule has 2 aromatic rings. The number of hydrogen-bond acceptors (Lipinski definition) is 2. The van der Waals surface area contributed by atoms with Crippen LogP contribution in [0, 0.1) is 6.92 Å². The Labute approximate surface area is 138 Å². The molecule has 102 valence electrons. The van der Waals surface area contributed by atoms with Crippen LogP contribution in [0.5, 0.6) is 0 Å². The summed E-state index contributed by atoms with van der Waals surface area (Å²) in [6.45, 7) is 2.53. The second-order valence-corrected chi connectivity index (χ2v) is 6.59. The van der Waals surface area contributed by atoms with Crippen LogP contribution in [0.15, 0.2) is 21.1 Å². The molecule has 0 spiro atoms. The maximum atomic E-state index is 6.17. The molecule has 7 heteroatoms. The third-order valence-corrected chi connectivity index (χ3v) is 4.79. The summed E-state index contributed by atoms with van der Waals surface area (Å²) in [7, 11) is 1.90. The van der Waals surface area contributed by atoms with Crippen molar-refractivity contribution >= 4 is 60.7 Å². The van der Waals surface area contributed by atoms with Crippen LogP contribution in [0.2, 0.25) is 10.0 Å². The van der Waals surface area contributed by atoms with Crippen LogP contribution in [0.1, 0.15) is 11.4 Å². The third-order valence-electron chi connectivity index (χ3n) is 2.70. The summed E-state index contributed by atoms with van der Waals surface area (Å²) in [5.74, 6) is 0. The van der Waals surface area contributed by atoms with Crippen molar-refractivity contribution in [3.8, 4) is 0 Å². The van der Waals surface area contributed by atoms with Gasteiger partial charge in [-0.2, -0.15) is 5.10 Å². The predicted molar refractivity (Wildman–Crippen MR) is 87.1 cm³/mol. The molecular formula is C12H11Br2Cl2N3. The lowest BCUT2D eigenvalue weighted by atomic mass is 10.3. The van der Waals surface area contributed by atoms with Crippen molar-refractivity contribution in [3.05, 3.63) is 42.5 Å². The number of nitrogens with zero attached hydrogens (tertiary/aromatic N) is 2. The zero-order valence-electron chi connectivity index (χ0n) is 10.3. The van der Waals surface area contributed by atoms with Gasteiger partial charge in [-0.15, -0.1) is 0 Å². The summed E-state index contributed by atoms with van der Waals surface area (Å²) in [6.07, 6.45) is 0. The summed E-state index contributed by atoms with van der Waals surface area (Å²) < 4.78 is 3.67. The molecule has 0 unspecified atom stereocenters. The highest BCUT2D eigenvalue weighted by molar-refractivity contribution is 9.10. The number of anilines is 1. The van der Waals surface area contributed by atoms with E-state index in [0.717, 1.165) is 26.0 Å². The predicted octanol–water partition coefficient (Wildman–Crippen LogP) is 5.17. The van der Waals surface area contributed by atoms with E-state index in [2.05, 4.69) is 42.3 Å². The summed E-state index contributed by atoms with van der Waals surface area (Å²) in [5.41, 5.74) is 2.71. The normalized spacial score (nSPS) is 10.8. The molecule has 0 bridgehead atoms. The molecule has 1 N–H and O–H groups in total. The number of nitrogens with one attached hydrogen (secondary N) is 1. The van der Waals surface area contributed by atoms with Gasteiger partial charge in [-0.25, -0.2) is 0 Å². The lowest BCUT2D eigenvalue weighted by Gasteiger charge is -2.11. The lowest BCUT2D eigenvalue weighted by molar-refractivity contribution is 0.712. The highest BCUT2D eigenvalue weighted by Gasteiger charge is 2.12. The monoisotopic (exact) mass is 425 g/mol. The van der Waals surface area contributed by atoms with Crippen molar-refractivity contribution in [2.75, 3.05) is 5.32 Å². The van der Waals surface area contributed by atoms with Crippen molar-refractivity contribution in [2.24, 2.45) is 7.05 Å². The summed E-state index contributed by atoms with van der Waals surface area (Å²) in [5, 5.41) is 8.74. The molecule has 1 aromatic heterocycles. The van der Waals surface area contributed by atoms with Gasteiger partial charge in [0.05, 0.1) is 38.1 Å². The molecular weight excluding hydrogens is 417 g/mol. The molecule has 0 radical (unpaired) electrons. The molecule has 1 aromatic carbocycles. The Kier molecular flexibility index (Phi) is 4.82. The van der Waals surface area contributed by atoms with Crippen LogP contribution >= 0.6 is 55.1 Å². The molecule has 3 nitrogen and oxygen atoms in total. The van der Waals surface area contributed by atoms with E-state index in [1.165, 1.54) is 0 Å². The fourth-order valence-electron chi connectivity index (χ4n) is 1.76. The Morgan fingerprint density at radius 3 is 2.32 bits per heavy atom. The van der Waals surface area contributed by atoms with Crippen LogP contribution in [-0.2, 0) is 13.6 Å². The summed E-state index contributed by atoms with van der Waals surface area (Å²) in [4.78, 5) is 0. The summed E-state index contributed by atoms with van der Waals surface area (Å²) >= 11 is 19.2. The topological polar surface area (TPSA) is 29.9 Å². The van der Waals surface area contributed by atoms with Crippen molar-refractivity contribution in [2.45, 2.75) is 13.5 Å². The maximum absolute atomic E-state index is 6.17. The standard InChI is InChI=1S/C12H11Br2Cl2N3/c1-6-11(14)10(19(2)18-6)5-17-12-8(15)3-7(13)4-9(12)16/h3-4,17H,5H2,1-2H3. The quantitative estimate of drug-likeness (QED) is 0.732. The number of aromatic nitrogens is 2. The minimum atomic E-state index is 0.578. The van der Waals surface area contributed by atoms with Gasteiger partial charge in [0.1, 0.15) is 0 Å². The molecule has 0 amide bonds. The highest BCUT2D eigenvalue weighted by atomic mass is 79.9. The van der Waals surface area contributed by atoms with Gasteiger partial charge in [0.15, 0.2) is 0 Å². The van der Waals surface area contributed by atoms with Crippen LogP contribution < -0.4 is 5.32 Å². The Morgan fingerprint density at radius 2 is 1.84 bits per heavy atom. The molecule has 0 atom stereocenters.